The standard InChI is InChI=1S/C19H22O6/c1-22-13-10-7-11-14(25-12-8-5-4-6-9-12)15(13)19(21)17(20)16(23-2)18(19)24-3/h4-6,8-9,13,21H,7,10-11H2,1-3H3. The molecule has 0 aliphatic heterocycles. The Labute approximate surface area is 146 Å². The summed E-state index contributed by atoms with van der Waals surface area (Å²) in [6, 6.07) is 9.25. The maximum absolute atomic E-state index is 12.6. The molecule has 1 aromatic rings. The average Bonchev–Trinajstić information content (AvgIpc) is 2.65. The summed E-state index contributed by atoms with van der Waals surface area (Å²) >= 11 is 0. The third-order valence-electron chi connectivity index (χ3n) is 4.63. The molecular formula is C19H22O6. The Kier molecular flexibility index (Phi) is 4.83. The highest BCUT2D eigenvalue weighted by Gasteiger charge is 2.61. The number of carbonyl (C=O) groups excluding carboxylic acids is 1. The Morgan fingerprint density at radius 2 is 1.84 bits per heavy atom. The summed E-state index contributed by atoms with van der Waals surface area (Å²) in [6.07, 6.45) is 1.67. The second-order valence-electron chi connectivity index (χ2n) is 5.97. The van der Waals surface area contributed by atoms with E-state index in [1.807, 2.05) is 30.3 Å². The zero-order chi connectivity index (χ0) is 18.0. The number of rotatable bonds is 6. The third-order valence-corrected chi connectivity index (χ3v) is 4.63. The van der Waals surface area contributed by atoms with E-state index in [2.05, 4.69) is 0 Å². The van der Waals surface area contributed by atoms with Gasteiger partial charge in [-0.1, -0.05) is 18.2 Å². The van der Waals surface area contributed by atoms with Gasteiger partial charge >= 0.3 is 0 Å². The summed E-state index contributed by atoms with van der Waals surface area (Å²) in [4.78, 5) is 12.6. The van der Waals surface area contributed by atoms with Crippen LogP contribution in [0.4, 0.5) is 0 Å². The van der Waals surface area contributed by atoms with Crippen LogP contribution in [0.5, 0.6) is 5.75 Å². The molecule has 0 amide bonds. The van der Waals surface area contributed by atoms with Crippen molar-refractivity contribution in [2.75, 3.05) is 21.3 Å². The van der Waals surface area contributed by atoms with Crippen LogP contribution in [0, 0.1) is 0 Å². The fraction of sp³-hybridized carbons (Fsp3) is 0.421. The lowest BCUT2D eigenvalue weighted by molar-refractivity contribution is -0.143. The molecule has 6 nitrogen and oxygen atoms in total. The minimum Gasteiger partial charge on any atom is -0.493 e. The highest BCUT2D eigenvalue weighted by molar-refractivity contribution is 6.12. The van der Waals surface area contributed by atoms with Gasteiger partial charge in [0.1, 0.15) is 11.5 Å². The monoisotopic (exact) mass is 346 g/mol. The van der Waals surface area contributed by atoms with E-state index in [-0.39, 0.29) is 11.5 Å². The van der Waals surface area contributed by atoms with Gasteiger partial charge in [0.15, 0.2) is 5.76 Å². The van der Waals surface area contributed by atoms with E-state index < -0.39 is 17.5 Å². The molecule has 1 aromatic carbocycles. The second kappa shape index (κ2) is 6.90. The molecule has 0 saturated heterocycles. The van der Waals surface area contributed by atoms with Gasteiger partial charge in [-0.25, -0.2) is 0 Å². The summed E-state index contributed by atoms with van der Waals surface area (Å²) in [5.74, 6) is 0.743. The van der Waals surface area contributed by atoms with E-state index in [4.69, 9.17) is 18.9 Å². The van der Waals surface area contributed by atoms with Crippen molar-refractivity contribution in [3.63, 3.8) is 0 Å². The number of hydrogen-bond acceptors (Lipinski definition) is 6. The van der Waals surface area contributed by atoms with E-state index in [0.29, 0.717) is 29.9 Å². The number of methoxy groups -OCH3 is 3. The highest BCUT2D eigenvalue weighted by atomic mass is 16.5. The van der Waals surface area contributed by atoms with Crippen molar-refractivity contribution < 1.29 is 28.8 Å². The molecule has 0 spiro atoms. The predicted molar refractivity (Wildman–Crippen MR) is 89.7 cm³/mol. The Morgan fingerprint density at radius 1 is 1.12 bits per heavy atom. The number of hydrogen-bond donors (Lipinski definition) is 1. The molecule has 0 saturated carbocycles. The van der Waals surface area contributed by atoms with Crippen LogP contribution in [-0.2, 0) is 19.0 Å². The number of ketones is 1. The van der Waals surface area contributed by atoms with Crippen LogP contribution in [0.25, 0.3) is 0 Å². The van der Waals surface area contributed by atoms with Gasteiger partial charge < -0.3 is 24.1 Å². The van der Waals surface area contributed by atoms with E-state index in [9.17, 15) is 9.90 Å². The molecule has 2 aliphatic carbocycles. The quantitative estimate of drug-likeness (QED) is 0.852. The van der Waals surface area contributed by atoms with Crippen molar-refractivity contribution in [2.45, 2.75) is 31.0 Å². The number of para-hydroxylation sites is 1. The fourth-order valence-electron chi connectivity index (χ4n) is 3.46. The van der Waals surface area contributed by atoms with E-state index in [1.165, 1.54) is 14.2 Å². The van der Waals surface area contributed by atoms with Gasteiger partial charge in [0.2, 0.25) is 17.1 Å². The zero-order valence-electron chi connectivity index (χ0n) is 14.6. The summed E-state index contributed by atoms with van der Waals surface area (Å²) in [5.41, 5.74) is -1.52. The summed E-state index contributed by atoms with van der Waals surface area (Å²) in [5, 5.41) is 11.2. The van der Waals surface area contributed by atoms with Crippen molar-refractivity contribution in [2.24, 2.45) is 0 Å². The largest absolute Gasteiger partial charge is 0.493 e. The Bertz CT molecular complexity index is 721. The first-order valence-electron chi connectivity index (χ1n) is 8.17. The maximum Gasteiger partial charge on any atom is 0.245 e. The molecule has 0 radical (unpaired) electrons. The molecule has 2 atom stereocenters. The molecule has 1 N–H and O–H groups in total. The van der Waals surface area contributed by atoms with Crippen LogP contribution in [0.1, 0.15) is 19.3 Å². The Morgan fingerprint density at radius 3 is 2.44 bits per heavy atom. The first kappa shape index (κ1) is 17.5. The van der Waals surface area contributed by atoms with Crippen LogP contribution in [0.3, 0.4) is 0 Å². The van der Waals surface area contributed by atoms with Gasteiger partial charge in [0.25, 0.3) is 0 Å². The third kappa shape index (κ3) is 2.71. The topological polar surface area (TPSA) is 74.2 Å². The van der Waals surface area contributed by atoms with Gasteiger partial charge in [-0.3, -0.25) is 4.79 Å². The van der Waals surface area contributed by atoms with Crippen LogP contribution in [-0.4, -0.2) is 43.9 Å². The van der Waals surface area contributed by atoms with Crippen molar-refractivity contribution >= 4 is 5.78 Å². The van der Waals surface area contributed by atoms with Crippen LogP contribution in [0.15, 0.2) is 53.2 Å². The van der Waals surface area contributed by atoms with Crippen molar-refractivity contribution in [3.05, 3.63) is 53.2 Å². The van der Waals surface area contributed by atoms with Crippen LogP contribution in [0.2, 0.25) is 0 Å². The predicted octanol–water partition coefficient (Wildman–Crippen LogP) is 2.34. The lowest BCUT2D eigenvalue weighted by Gasteiger charge is -2.42. The van der Waals surface area contributed by atoms with Crippen LogP contribution >= 0.6 is 0 Å². The smallest absolute Gasteiger partial charge is 0.245 e. The van der Waals surface area contributed by atoms with E-state index >= 15 is 0 Å². The minimum atomic E-state index is -1.91. The molecule has 25 heavy (non-hydrogen) atoms. The van der Waals surface area contributed by atoms with Gasteiger partial charge in [-0.15, -0.1) is 0 Å². The maximum atomic E-state index is 12.6. The van der Waals surface area contributed by atoms with Crippen molar-refractivity contribution in [1.29, 1.82) is 0 Å². The second-order valence-corrected chi connectivity index (χ2v) is 5.97. The minimum absolute atomic E-state index is 0.0250. The van der Waals surface area contributed by atoms with Gasteiger partial charge in [-0.2, -0.15) is 0 Å². The van der Waals surface area contributed by atoms with Gasteiger partial charge in [0.05, 0.1) is 20.3 Å². The van der Waals surface area contributed by atoms with Gasteiger partial charge in [0, 0.05) is 19.1 Å². The highest BCUT2D eigenvalue weighted by Crippen LogP contribution is 2.47. The first-order valence-corrected chi connectivity index (χ1v) is 8.17. The molecule has 0 fully saturated rings. The fourth-order valence-corrected chi connectivity index (χ4v) is 3.46. The molecule has 0 aromatic heterocycles. The summed E-state index contributed by atoms with van der Waals surface area (Å²) < 4.78 is 21.8. The molecule has 3 rings (SSSR count). The molecule has 134 valence electrons. The molecule has 0 heterocycles. The summed E-state index contributed by atoms with van der Waals surface area (Å²) in [6.45, 7) is 0. The van der Waals surface area contributed by atoms with Gasteiger partial charge in [-0.05, 0) is 25.0 Å². The number of carbonyl (C=O) groups is 1. The molecule has 2 aliphatic rings. The number of allylic oxidation sites excluding steroid dienone is 1. The van der Waals surface area contributed by atoms with E-state index in [1.54, 1.807) is 7.11 Å². The van der Waals surface area contributed by atoms with Crippen molar-refractivity contribution in [1.82, 2.24) is 0 Å². The number of aliphatic hydroxyl groups is 1. The van der Waals surface area contributed by atoms with E-state index in [0.717, 1.165) is 6.42 Å². The summed E-state index contributed by atoms with van der Waals surface area (Å²) in [7, 11) is 4.32. The normalized spacial score (nSPS) is 26.4. The lowest BCUT2D eigenvalue weighted by atomic mass is 9.71. The average molecular weight is 346 g/mol. The molecule has 2 unspecified atom stereocenters. The van der Waals surface area contributed by atoms with Crippen LogP contribution < -0.4 is 4.74 Å². The number of ether oxygens (including phenoxy) is 4. The molecular weight excluding hydrogens is 324 g/mol. The van der Waals surface area contributed by atoms with Crippen molar-refractivity contribution in [3.8, 4) is 5.75 Å². The molecule has 6 heteroatoms. The first-order chi connectivity index (χ1) is 12.1. The lowest BCUT2D eigenvalue weighted by Crippen LogP contribution is -2.57. The zero-order valence-corrected chi connectivity index (χ0v) is 14.6. The number of benzene rings is 1. The molecule has 0 bridgehead atoms. The Balaban J connectivity index is 2.09. The SMILES string of the molecule is COC1=C(OC)C(O)(C2=C(Oc3ccccc3)CCCC2OC)C1=O. The Hall–Kier alpha value is -2.31. The number of Topliss-reactive ketones (excluding diaryl/α,β-unsaturated/α-hetero) is 1.